The molecule has 0 aromatic rings. The van der Waals surface area contributed by atoms with Crippen molar-refractivity contribution in [1.82, 2.24) is 6.15 Å². The zero-order valence-corrected chi connectivity index (χ0v) is 5.32. The molecule has 6 heteroatoms. The van der Waals surface area contributed by atoms with E-state index in [0.29, 0.717) is 0 Å². The number of quaternary nitrogens is 1. The third-order valence-electron chi connectivity index (χ3n) is 0. The first-order valence-electron chi connectivity index (χ1n) is 0.500. The smallest absolute Gasteiger partial charge is 0 e. The number of rotatable bonds is 0. The van der Waals surface area contributed by atoms with Gasteiger partial charge < -0.3 is 15.3 Å². The normalized spacial score (nSPS) is 5.83. The second-order valence-electron chi connectivity index (χ2n) is 0.204. The Hall–Kier alpha value is 0.692. The van der Waals surface area contributed by atoms with Crippen LogP contribution in [0.15, 0.2) is 0 Å². The standard InChI is InChI=1S/H3N.H2O3S.Pd/c;1-4(2)3;/h1H3;(H2,1,2,3);/p-1. The van der Waals surface area contributed by atoms with Crippen molar-refractivity contribution in [1.29, 1.82) is 0 Å². The van der Waals surface area contributed by atoms with E-state index in [2.05, 4.69) is 0 Å². The van der Waals surface area contributed by atoms with Gasteiger partial charge in [0.2, 0.25) is 0 Å². The van der Waals surface area contributed by atoms with Gasteiger partial charge >= 0.3 is 0 Å². The van der Waals surface area contributed by atoms with Gasteiger partial charge in [-0.05, 0) is 0 Å². The summed E-state index contributed by atoms with van der Waals surface area (Å²) in [6.07, 6.45) is 0. The average Bonchev–Trinajstić information content (AvgIpc) is 0.811. The van der Waals surface area contributed by atoms with Crippen molar-refractivity contribution in [2.45, 2.75) is 0 Å². The molecular weight excluding hydrogens is 200 g/mol. The van der Waals surface area contributed by atoms with Gasteiger partial charge in [-0.2, -0.15) is 0 Å². The van der Waals surface area contributed by atoms with Crippen LogP contribution in [0.25, 0.3) is 0 Å². The predicted molar refractivity (Wildman–Crippen MR) is 15.7 cm³/mol. The first-order chi connectivity index (χ1) is 1.73. The van der Waals surface area contributed by atoms with E-state index < -0.39 is 11.4 Å². The van der Waals surface area contributed by atoms with Gasteiger partial charge in [0.15, 0.2) is 0 Å². The topological polar surface area (TPSA) is 99.7 Å². The molecule has 0 aromatic carbocycles. The van der Waals surface area contributed by atoms with Gasteiger partial charge in [-0.25, -0.2) is 0 Å². The molecule has 0 heterocycles. The summed E-state index contributed by atoms with van der Waals surface area (Å²) in [6.45, 7) is 0. The van der Waals surface area contributed by atoms with Crippen LogP contribution >= 0.6 is 0 Å². The van der Waals surface area contributed by atoms with Crippen molar-refractivity contribution in [3.05, 3.63) is 0 Å². The largest absolute Gasteiger partial charge is 0.784 e. The van der Waals surface area contributed by atoms with Crippen molar-refractivity contribution in [2.24, 2.45) is 0 Å². The Balaban J connectivity index is -0.0000000450. The van der Waals surface area contributed by atoms with E-state index in [4.69, 9.17) is 13.3 Å². The molecule has 0 spiro atoms. The monoisotopic (exact) mass is 204 g/mol. The Bertz CT molecular complexity index is 33.8. The average molecular weight is 205 g/mol. The summed E-state index contributed by atoms with van der Waals surface area (Å²) in [7, 11) is 0. The number of hydrogen-bond acceptors (Lipinski definition) is 3. The van der Waals surface area contributed by atoms with Crippen molar-refractivity contribution < 1.29 is 33.7 Å². The summed E-state index contributed by atoms with van der Waals surface area (Å²) in [5.74, 6) is 0. The molecule has 0 bridgehead atoms. The van der Waals surface area contributed by atoms with Crippen molar-refractivity contribution in [3.8, 4) is 0 Å². The summed E-state index contributed by atoms with van der Waals surface area (Å²) >= 11 is -3.11. The summed E-state index contributed by atoms with van der Waals surface area (Å²) in [6, 6.07) is 0. The van der Waals surface area contributed by atoms with Crippen LogP contribution < -0.4 is 6.15 Å². The van der Waals surface area contributed by atoms with Gasteiger partial charge in [0.1, 0.15) is 0 Å². The summed E-state index contributed by atoms with van der Waals surface area (Å²) in [5.41, 5.74) is 0. The molecule has 0 aromatic heterocycles. The first-order valence-corrected chi connectivity index (χ1v) is 1.50. The number of hydrogen-bond donors (Lipinski definition) is 1. The molecule has 0 atom stereocenters. The van der Waals surface area contributed by atoms with E-state index in [9.17, 15) is 0 Å². The van der Waals surface area contributed by atoms with Crippen LogP contribution in [0.5, 0.6) is 0 Å². The summed E-state index contributed by atoms with van der Waals surface area (Å²) < 4.78 is 25.3. The van der Waals surface area contributed by atoms with Crippen molar-refractivity contribution in [3.63, 3.8) is 0 Å². The molecular formula is H4NO3PdS-. The second kappa shape index (κ2) is 9.19. The van der Waals surface area contributed by atoms with Gasteiger partial charge in [0.05, 0.1) is 0 Å². The maximum absolute atomic E-state index is 8.44. The molecule has 0 unspecified atom stereocenters. The maximum Gasteiger partial charge on any atom is 0 e. The van der Waals surface area contributed by atoms with Gasteiger partial charge in [-0.15, -0.1) is 11.4 Å². The molecule has 0 saturated carbocycles. The summed E-state index contributed by atoms with van der Waals surface area (Å²) in [4.78, 5) is 0. The molecule has 0 saturated heterocycles. The minimum Gasteiger partial charge on any atom is -0.784 e. The Labute approximate surface area is 51.7 Å². The third-order valence-corrected chi connectivity index (χ3v) is 0. The fourth-order valence-electron chi connectivity index (χ4n) is 0. The Kier molecular flexibility index (Phi) is 24.4. The summed E-state index contributed by atoms with van der Waals surface area (Å²) in [5, 5.41) is 0. The van der Waals surface area contributed by atoms with E-state index in [1.54, 1.807) is 0 Å². The van der Waals surface area contributed by atoms with Crippen LogP contribution in [0.2, 0.25) is 0 Å². The van der Waals surface area contributed by atoms with E-state index in [0.717, 1.165) is 0 Å². The maximum atomic E-state index is 8.44. The van der Waals surface area contributed by atoms with Crippen LogP contribution in [-0.4, -0.2) is 13.3 Å². The van der Waals surface area contributed by atoms with E-state index in [1.807, 2.05) is 0 Å². The molecule has 4 N–H and O–H groups in total. The first kappa shape index (κ1) is 15.9. The molecule has 0 amide bonds. The quantitative estimate of drug-likeness (QED) is 0.420. The Morgan fingerprint density at radius 3 is 1.33 bits per heavy atom. The molecule has 0 aliphatic carbocycles. The second-order valence-corrected chi connectivity index (χ2v) is 0.612. The molecule has 4 nitrogen and oxygen atoms in total. The molecule has 0 aliphatic heterocycles. The zero-order valence-electron chi connectivity index (χ0n) is 2.95. The van der Waals surface area contributed by atoms with E-state index >= 15 is 0 Å². The molecule has 0 fully saturated rings. The molecule has 0 rings (SSSR count). The minimum absolute atomic E-state index is 0. The van der Waals surface area contributed by atoms with Gasteiger partial charge in [-0.3, -0.25) is 4.21 Å². The van der Waals surface area contributed by atoms with E-state index in [-0.39, 0.29) is 26.6 Å². The fraction of sp³-hybridized carbons (Fsp3) is 0. The van der Waals surface area contributed by atoms with Gasteiger partial charge in [0, 0.05) is 20.4 Å². The fourth-order valence-corrected chi connectivity index (χ4v) is 0. The Morgan fingerprint density at radius 1 is 1.33 bits per heavy atom. The van der Waals surface area contributed by atoms with Crippen LogP contribution in [0.1, 0.15) is 0 Å². The molecule has 0 radical (unpaired) electrons. The SMILES string of the molecule is O=S([O-])[O-].[NH4+].[Pd]. The van der Waals surface area contributed by atoms with Crippen molar-refractivity contribution >= 4 is 11.4 Å². The molecule has 6 heavy (non-hydrogen) atoms. The molecule has 0 aliphatic rings. The van der Waals surface area contributed by atoms with Crippen LogP contribution in [0.3, 0.4) is 0 Å². The van der Waals surface area contributed by atoms with Crippen LogP contribution in [-0.2, 0) is 31.8 Å². The van der Waals surface area contributed by atoms with Crippen LogP contribution in [0.4, 0.5) is 0 Å². The Morgan fingerprint density at radius 2 is 1.33 bits per heavy atom. The zero-order chi connectivity index (χ0) is 3.58. The van der Waals surface area contributed by atoms with Gasteiger partial charge in [-0.1, -0.05) is 0 Å². The minimum atomic E-state index is -3.11. The van der Waals surface area contributed by atoms with Crippen LogP contribution in [0, 0.1) is 0 Å². The van der Waals surface area contributed by atoms with Gasteiger partial charge in [0.25, 0.3) is 0 Å². The molecule has 44 valence electrons. The third kappa shape index (κ3) is 133. The van der Waals surface area contributed by atoms with E-state index in [1.165, 1.54) is 0 Å². The van der Waals surface area contributed by atoms with Crippen molar-refractivity contribution in [2.75, 3.05) is 0 Å². The predicted octanol–water partition coefficient (Wildman–Crippen LogP) is -0.630.